The third kappa shape index (κ3) is 2.73. The van der Waals surface area contributed by atoms with E-state index >= 15 is 0 Å². The van der Waals surface area contributed by atoms with Crippen LogP contribution in [0.1, 0.15) is 37.8 Å². The lowest BCUT2D eigenvalue weighted by molar-refractivity contribution is 0.775. The SMILES string of the molecule is CC(C)c1ccccc1NC(=S)N1c2ccccc2CC1C. The lowest BCUT2D eigenvalue weighted by atomic mass is 10.0. The van der Waals surface area contributed by atoms with Gasteiger partial charge in [0.05, 0.1) is 0 Å². The molecule has 0 saturated heterocycles. The molecule has 114 valence electrons. The molecule has 2 nitrogen and oxygen atoms in total. The highest BCUT2D eigenvalue weighted by Gasteiger charge is 2.28. The molecule has 0 radical (unpaired) electrons. The van der Waals surface area contributed by atoms with Gasteiger partial charge in [-0.05, 0) is 54.7 Å². The summed E-state index contributed by atoms with van der Waals surface area (Å²) in [7, 11) is 0. The van der Waals surface area contributed by atoms with Gasteiger partial charge in [0.15, 0.2) is 5.11 Å². The first-order valence-electron chi connectivity index (χ1n) is 7.85. The van der Waals surface area contributed by atoms with Gasteiger partial charge in [-0.25, -0.2) is 0 Å². The van der Waals surface area contributed by atoms with Gasteiger partial charge in [0.1, 0.15) is 0 Å². The monoisotopic (exact) mass is 310 g/mol. The van der Waals surface area contributed by atoms with E-state index in [1.54, 1.807) is 0 Å². The molecule has 1 N–H and O–H groups in total. The van der Waals surface area contributed by atoms with Gasteiger partial charge >= 0.3 is 0 Å². The molecule has 1 unspecified atom stereocenters. The van der Waals surface area contributed by atoms with Gasteiger partial charge in [0.2, 0.25) is 0 Å². The number of hydrogen-bond acceptors (Lipinski definition) is 1. The van der Waals surface area contributed by atoms with Gasteiger partial charge in [-0.1, -0.05) is 50.2 Å². The molecule has 0 aliphatic carbocycles. The lowest BCUT2D eigenvalue weighted by Gasteiger charge is -2.27. The van der Waals surface area contributed by atoms with E-state index in [2.05, 4.69) is 79.5 Å². The second-order valence-corrected chi connectivity index (χ2v) is 6.61. The Kier molecular flexibility index (Phi) is 4.16. The van der Waals surface area contributed by atoms with Gasteiger partial charge < -0.3 is 10.2 Å². The van der Waals surface area contributed by atoms with Crippen molar-refractivity contribution in [2.24, 2.45) is 0 Å². The number of nitrogens with zero attached hydrogens (tertiary/aromatic N) is 1. The van der Waals surface area contributed by atoms with Crippen LogP contribution in [0.2, 0.25) is 0 Å². The highest BCUT2D eigenvalue weighted by atomic mass is 32.1. The summed E-state index contributed by atoms with van der Waals surface area (Å²) in [6.07, 6.45) is 1.05. The van der Waals surface area contributed by atoms with E-state index in [0.29, 0.717) is 12.0 Å². The fourth-order valence-electron chi connectivity index (χ4n) is 3.16. The van der Waals surface area contributed by atoms with E-state index < -0.39 is 0 Å². The Balaban J connectivity index is 1.87. The van der Waals surface area contributed by atoms with Crippen LogP contribution in [0.25, 0.3) is 0 Å². The normalized spacial score (nSPS) is 16.7. The minimum absolute atomic E-state index is 0.392. The summed E-state index contributed by atoms with van der Waals surface area (Å²) in [6, 6.07) is 17.3. The van der Waals surface area contributed by atoms with E-state index in [-0.39, 0.29) is 0 Å². The molecule has 0 bridgehead atoms. The van der Waals surface area contributed by atoms with Crippen LogP contribution in [0.3, 0.4) is 0 Å². The number of benzene rings is 2. The zero-order chi connectivity index (χ0) is 15.7. The van der Waals surface area contributed by atoms with Crippen molar-refractivity contribution >= 4 is 28.7 Å². The van der Waals surface area contributed by atoms with Crippen LogP contribution in [-0.4, -0.2) is 11.2 Å². The summed E-state index contributed by atoms with van der Waals surface area (Å²) in [5.41, 5.74) is 5.01. The molecule has 1 aliphatic heterocycles. The van der Waals surface area contributed by atoms with Gasteiger partial charge in [-0.15, -0.1) is 0 Å². The molecule has 0 fully saturated rings. The molecule has 3 heteroatoms. The van der Waals surface area contributed by atoms with E-state index in [1.165, 1.54) is 16.8 Å². The van der Waals surface area contributed by atoms with Crippen molar-refractivity contribution in [3.8, 4) is 0 Å². The Morgan fingerprint density at radius 3 is 2.59 bits per heavy atom. The molecule has 3 rings (SSSR count). The van der Waals surface area contributed by atoms with Crippen molar-refractivity contribution < 1.29 is 0 Å². The first-order chi connectivity index (χ1) is 10.6. The summed E-state index contributed by atoms with van der Waals surface area (Å²) in [6.45, 7) is 6.64. The largest absolute Gasteiger partial charge is 0.332 e. The van der Waals surface area contributed by atoms with Gasteiger partial charge in [0, 0.05) is 17.4 Å². The fourth-order valence-corrected chi connectivity index (χ4v) is 3.55. The van der Waals surface area contributed by atoms with Crippen LogP contribution in [0.4, 0.5) is 11.4 Å². The predicted octanol–water partition coefficient (Wildman–Crippen LogP) is 4.96. The van der Waals surface area contributed by atoms with Crippen LogP contribution in [0, 0.1) is 0 Å². The first-order valence-corrected chi connectivity index (χ1v) is 8.26. The zero-order valence-electron chi connectivity index (χ0n) is 13.3. The molecular formula is C19H22N2S. The molecule has 22 heavy (non-hydrogen) atoms. The van der Waals surface area contributed by atoms with Crippen molar-refractivity contribution in [2.75, 3.05) is 10.2 Å². The van der Waals surface area contributed by atoms with Crippen molar-refractivity contribution in [2.45, 2.75) is 39.2 Å². The zero-order valence-corrected chi connectivity index (χ0v) is 14.2. The molecule has 1 atom stereocenters. The van der Waals surface area contributed by atoms with Crippen LogP contribution in [-0.2, 0) is 6.42 Å². The number of hydrogen-bond donors (Lipinski definition) is 1. The van der Waals surface area contributed by atoms with Crippen LogP contribution in [0.15, 0.2) is 48.5 Å². The minimum atomic E-state index is 0.392. The molecular weight excluding hydrogens is 288 g/mol. The lowest BCUT2D eigenvalue weighted by Crippen LogP contribution is -2.39. The van der Waals surface area contributed by atoms with Gasteiger partial charge in [-0.3, -0.25) is 0 Å². The summed E-state index contributed by atoms with van der Waals surface area (Å²) >= 11 is 5.71. The highest BCUT2D eigenvalue weighted by Crippen LogP contribution is 2.33. The molecule has 0 aromatic heterocycles. The Morgan fingerprint density at radius 2 is 1.82 bits per heavy atom. The predicted molar refractivity (Wildman–Crippen MR) is 98.8 cm³/mol. The van der Waals surface area contributed by atoms with E-state index in [9.17, 15) is 0 Å². The topological polar surface area (TPSA) is 15.3 Å². The van der Waals surface area contributed by atoms with Crippen molar-refractivity contribution in [3.63, 3.8) is 0 Å². The van der Waals surface area contributed by atoms with Gasteiger partial charge in [0.25, 0.3) is 0 Å². The third-order valence-electron chi connectivity index (χ3n) is 4.25. The number of rotatable bonds is 2. The number of thiocarbonyl (C=S) groups is 1. The molecule has 1 aliphatic rings. The standard InChI is InChI=1S/C19H22N2S/c1-13(2)16-9-5-6-10-17(16)20-19(22)21-14(3)12-15-8-4-7-11-18(15)21/h4-11,13-14H,12H2,1-3H3,(H,20,22). The average Bonchev–Trinajstić information content (AvgIpc) is 2.83. The maximum Gasteiger partial charge on any atom is 0.178 e. The van der Waals surface area contributed by atoms with E-state index in [1.807, 2.05) is 0 Å². The molecule has 1 heterocycles. The number of anilines is 2. The summed E-state index contributed by atoms with van der Waals surface area (Å²) in [4.78, 5) is 2.24. The smallest absolute Gasteiger partial charge is 0.178 e. The van der Waals surface area contributed by atoms with Crippen molar-refractivity contribution in [1.29, 1.82) is 0 Å². The van der Waals surface area contributed by atoms with E-state index in [0.717, 1.165) is 17.2 Å². The molecule has 0 amide bonds. The second kappa shape index (κ2) is 6.09. The minimum Gasteiger partial charge on any atom is -0.332 e. The Hall–Kier alpha value is -1.87. The quantitative estimate of drug-likeness (QED) is 0.789. The molecule has 0 spiro atoms. The van der Waals surface area contributed by atoms with Crippen LogP contribution < -0.4 is 10.2 Å². The Labute approximate surface area is 138 Å². The number of nitrogens with one attached hydrogen (secondary N) is 1. The number of fused-ring (bicyclic) bond motifs is 1. The Bertz CT molecular complexity index is 693. The summed E-state index contributed by atoms with van der Waals surface area (Å²) < 4.78 is 0. The maximum absolute atomic E-state index is 5.71. The molecule has 0 saturated carbocycles. The van der Waals surface area contributed by atoms with E-state index in [4.69, 9.17) is 12.2 Å². The summed E-state index contributed by atoms with van der Waals surface area (Å²) in [5, 5.41) is 4.25. The van der Waals surface area contributed by atoms with Gasteiger partial charge in [-0.2, -0.15) is 0 Å². The second-order valence-electron chi connectivity index (χ2n) is 6.22. The molecule has 2 aromatic rings. The first kappa shape index (κ1) is 15.0. The molecule has 2 aromatic carbocycles. The van der Waals surface area contributed by atoms with Crippen molar-refractivity contribution in [3.05, 3.63) is 59.7 Å². The third-order valence-corrected chi connectivity index (χ3v) is 4.55. The highest BCUT2D eigenvalue weighted by molar-refractivity contribution is 7.80. The van der Waals surface area contributed by atoms with Crippen LogP contribution >= 0.6 is 12.2 Å². The average molecular weight is 310 g/mol. The number of para-hydroxylation sites is 2. The van der Waals surface area contributed by atoms with Crippen molar-refractivity contribution in [1.82, 2.24) is 0 Å². The summed E-state index contributed by atoms with van der Waals surface area (Å²) in [5.74, 6) is 0.467. The maximum atomic E-state index is 5.71. The van der Waals surface area contributed by atoms with Crippen LogP contribution in [0.5, 0.6) is 0 Å². The Morgan fingerprint density at radius 1 is 1.14 bits per heavy atom. The fraction of sp³-hybridized carbons (Fsp3) is 0.316.